The third kappa shape index (κ3) is 5.01. The summed E-state index contributed by atoms with van der Waals surface area (Å²) in [5, 5.41) is 16.0. The molecule has 2 rings (SSSR count). The van der Waals surface area contributed by atoms with Gasteiger partial charge in [-0.1, -0.05) is 6.92 Å². The van der Waals surface area contributed by atoms with E-state index in [9.17, 15) is 0 Å². The molecule has 1 aromatic heterocycles. The van der Waals surface area contributed by atoms with Gasteiger partial charge in [0, 0.05) is 38.1 Å². The Kier molecular flexibility index (Phi) is 6.08. The molecular weight excluding hydrogens is 266 g/mol. The Morgan fingerprint density at radius 3 is 2.76 bits per heavy atom. The zero-order chi connectivity index (χ0) is 15.2. The second kappa shape index (κ2) is 7.82. The number of rotatable bonds is 7. The highest BCUT2D eigenvalue weighted by Gasteiger charge is 2.25. The molecule has 2 unspecified atom stereocenters. The van der Waals surface area contributed by atoms with Crippen LogP contribution in [-0.2, 0) is 13.5 Å². The fourth-order valence-electron chi connectivity index (χ4n) is 2.90. The molecule has 1 saturated heterocycles. The van der Waals surface area contributed by atoms with Crippen LogP contribution in [0.1, 0.15) is 25.6 Å². The Labute approximate surface area is 127 Å². The maximum absolute atomic E-state index is 4.32. The molecule has 1 aliphatic rings. The smallest absolute Gasteiger partial charge is 0.176 e. The van der Waals surface area contributed by atoms with Crippen molar-refractivity contribution in [2.24, 2.45) is 7.05 Å². The standard InChI is InChI=1S/C14H29N7/c1-5-6-15-12(10-14-16-18-21(4)17-14)9-13-11-19(2)7-8-20(13)3/h12-13,15H,5-11H2,1-4H3. The molecule has 0 spiro atoms. The minimum absolute atomic E-state index is 0.410. The van der Waals surface area contributed by atoms with Crippen molar-refractivity contribution in [3.8, 4) is 0 Å². The molecule has 120 valence electrons. The largest absolute Gasteiger partial charge is 0.313 e. The van der Waals surface area contributed by atoms with Gasteiger partial charge >= 0.3 is 0 Å². The molecule has 0 aromatic carbocycles. The fourth-order valence-corrected chi connectivity index (χ4v) is 2.90. The van der Waals surface area contributed by atoms with Crippen molar-refractivity contribution in [3.63, 3.8) is 0 Å². The van der Waals surface area contributed by atoms with E-state index in [1.165, 1.54) is 4.80 Å². The Morgan fingerprint density at radius 2 is 2.10 bits per heavy atom. The highest BCUT2D eigenvalue weighted by molar-refractivity contribution is 4.89. The van der Waals surface area contributed by atoms with Crippen LogP contribution in [0.15, 0.2) is 0 Å². The number of aryl methyl sites for hydroxylation is 1. The van der Waals surface area contributed by atoms with Crippen LogP contribution in [0.25, 0.3) is 0 Å². The number of nitrogens with zero attached hydrogens (tertiary/aromatic N) is 6. The Bertz CT molecular complexity index is 419. The van der Waals surface area contributed by atoms with Crippen molar-refractivity contribution < 1.29 is 0 Å². The molecule has 7 heteroatoms. The Hall–Kier alpha value is -1.05. The van der Waals surface area contributed by atoms with Gasteiger partial charge in [0.05, 0.1) is 7.05 Å². The lowest BCUT2D eigenvalue weighted by molar-refractivity contribution is 0.101. The van der Waals surface area contributed by atoms with Gasteiger partial charge in [0.25, 0.3) is 0 Å². The van der Waals surface area contributed by atoms with E-state index in [-0.39, 0.29) is 0 Å². The topological polar surface area (TPSA) is 62.1 Å². The molecule has 2 atom stereocenters. The van der Waals surface area contributed by atoms with Crippen LogP contribution in [0, 0.1) is 0 Å². The van der Waals surface area contributed by atoms with Crippen molar-refractivity contribution in [3.05, 3.63) is 5.82 Å². The number of nitrogens with one attached hydrogen (secondary N) is 1. The van der Waals surface area contributed by atoms with Crippen molar-refractivity contribution in [1.82, 2.24) is 35.3 Å². The van der Waals surface area contributed by atoms with E-state index in [0.717, 1.165) is 51.3 Å². The summed E-state index contributed by atoms with van der Waals surface area (Å²) < 4.78 is 0. The van der Waals surface area contributed by atoms with Gasteiger partial charge in [0.2, 0.25) is 0 Å². The van der Waals surface area contributed by atoms with Crippen LogP contribution in [0.3, 0.4) is 0 Å². The highest BCUT2D eigenvalue weighted by Crippen LogP contribution is 2.13. The highest BCUT2D eigenvalue weighted by atomic mass is 15.6. The molecule has 0 amide bonds. The van der Waals surface area contributed by atoms with Crippen LogP contribution in [0.4, 0.5) is 0 Å². The molecule has 21 heavy (non-hydrogen) atoms. The lowest BCUT2D eigenvalue weighted by Crippen LogP contribution is -2.52. The summed E-state index contributed by atoms with van der Waals surface area (Å²) in [4.78, 5) is 6.43. The summed E-state index contributed by atoms with van der Waals surface area (Å²) in [6.07, 6.45) is 3.12. The lowest BCUT2D eigenvalue weighted by Gasteiger charge is -2.39. The van der Waals surface area contributed by atoms with E-state index in [2.05, 4.69) is 51.5 Å². The summed E-state index contributed by atoms with van der Waals surface area (Å²) >= 11 is 0. The first-order valence-electron chi connectivity index (χ1n) is 7.93. The molecule has 1 aromatic rings. The van der Waals surface area contributed by atoms with Gasteiger partial charge in [-0.25, -0.2) is 0 Å². The van der Waals surface area contributed by atoms with Gasteiger partial charge in [0.1, 0.15) is 0 Å². The SMILES string of the molecule is CCCNC(Cc1nnn(C)n1)CC1CN(C)CCN1C. The maximum Gasteiger partial charge on any atom is 0.176 e. The van der Waals surface area contributed by atoms with Crippen LogP contribution < -0.4 is 5.32 Å². The molecule has 2 heterocycles. The molecule has 0 saturated carbocycles. The fraction of sp³-hybridized carbons (Fsp3) is 0.929. The molecule has 0 aliphatic carbocycles. The van der Waals surface area contributed by atoms with Gasteiger partial charge in [-0.15, -0.1) is 10.2 Å². The van der Waals surface area contributed by atoms with Gasteiger partial charge < -0.3 is 15.1 Å². The van der Waals surface area contributed by atoms with Gasteiger partial charge in [-0.3, -0.25) is 0 Å². The summed E-state index contributed by atoms with van der Waals surface area (Å²) in [5.74, 6) is 0.831. The summed E-state index contributed by atoms with van der Waals surface area (Å²) in [6.45, 7) is 6.67. The Morgan fingerprint density at radius 1 is 1.29 bits per heavy atom. The van der Waals surface area contributed by atoms with E-state index in [1.807, 2.05) is 7.05 Å². The first-order valence-corrected chi connectivity index (χ1v) is 7.93. The number of hydrogen-bond donors (Lipinski definition) is 1. The monoisotopic (exact) mass is 295 g/mol. The van der Waals surface area contributed by atoms with E-state index in [0.29, 0.717) is 12.1 Å². The van der Waals surface area contributed by atoms with Crippen molar-refractivity contribution in [2.45, 2.75) is 38.3 Å². The first-order chi connectivity index (χ1) is 10.1. The average molecular weight is 295 g/mol. The zero-order valence-electron chi connectivity index (χ0n) is 13.8. The molecular formula is C14H29N7. The number of aromatic nitrogens is 4. The van der Waals surface area contributed by atoms with E-state index in [1.54, 1.807) is 0 Å². The number of piperazine rings is 1. The van der Waals surface area contributed by atoms with Crippen molar-refractivity contribution >= 4 is 0 Å². The van der Waals surface area contributed by atoms with E-state index >= 15 is 0 Å². The molecule has 7 nitrogen and oxygen atoms in total. The maximum atomic E-state index is 4.32. The van der Waals surface area contributed by atoms with Crippen LogP contribution >= 0.6 is 0 Å². The summed E-state index contributed by atoms with van der Waals surface area (Å²) in [7, 11) is 6.25. The van der Waals surface area contributed by atoms with Gasteiger partial charge in [-0.05, 0) is 38.7 Å². The first kappa shape index (κ1) is 16.3. The second-order valence-electron chi connectivity index (χ2n) is 6.18. The Balaban J connectivity index is 1.94. The van der Waals surface area contributed by atoms with Crippen LogP contribution in [0.2, 0.25) is 0 Å². The number of hydrogen-bond acceptors (Lipinski definition) is 6. The number of tetrazole rings is 1. The van der Waals surface area contributed by atoms with Gasteiger partial charge in [-0.2, -0.15) is 4.80 Å². The van der Waals surface area contributed by atoms with Crippen molar-refractivity contribution in [2.75, 3.05) is 40.3 Å². The quantitative estimate of drug-likeness (QED) is 0.749. The van der Waals surface area contributed by atoms with E-state index in [4.69, 9.17) is 0 Å². The minimum atomic E-state index is 0.410. The minimum Gasteiger partial charge on any atom is -0.313 e. The predicted octanol–water partition coefficient (Wildman–Crippen LogP) is -0.243. The van der Waals surface area contributed by atoms with Gasteiger partial charge in [0.15, 0.2) is 5.82 Å². The molecule has 1 fully saturated rings. The van der Waals surface area contributed by atoms with Crippen molar-refractivity contribution in [1.29, 1.82) is 0 Å². The average Bonchev–Trinajstić information content (AvgIpc) is 2.85. The third-order valence-corrected chi connectivity index (χ3v) is 4.20. The third-order valence-electron chi connectivity index (χ3n) is 4.20. The molecule has 0 radical (unpaired) electrons. The number of likely N-dealkylation sites (N-methyl/N-ethyl adjacent to an activating group) is 2. The second-order valence-corrected chi connectivity index (χ2v) is 6.18. The normalized spacial score (nSPS) is 22.6. The summed E-state index contributed by atoms with van der Waals surface area (Å²) in [5.41, 5.74) is 0. The molecule has 0 bridgehead atoms. The predicted molar refractivity (Wildman–Crippen MR) is 83.1 cm³/mol. The van der Waals surface area contributed by atoms with Crippen LogP contribution in [-0.4, -0.2) is 82.4 Å². The molecule has 1 N–H and O–H groups in total. The summed E-state index contributed by atoms with van der Waals surface area (Å²) in [6, 6.07) is 1.00. The molecule has 1 aliphatic heterocycles. The lowest BCUT2D eigenvalue weighted by atomic mass is 10.0. The zero-order valence-corrected chi connectivity index (χ0v) is 13.8. The van der Waals surface area contributed by atoms with Crippen LogP contribution in [0.5, 0.6) is 0 Å². The van der Waals surface area contributed by atoms with E-state index < -0.39 is 0 Å².